The summed E-state index contributed by atoms with van der Waals surface area (Å²) in [6, 6.07) is 14.4. The molecule has 0 bridgehead atoms. The molecule has 2 N–H and O–H groups in total. The van der Waals surface area contributed by atoms with Crippen LogP contribution in [0, 0.1) is 6.92 Å². The Hall–Kier alpha value is -3.29. The number of ketones is 1. The summed E-state index contributed by atoms with van der Waals surface area (Å²) in [6.45, 7) is 1.73. The van der Waals surface area contributed by atoms with E-state index in [0.717, 1.165) is 36.8 Å². The van der Waals surface area contributed by atoms with Gasteiger partial charge >= 0.3 is 0 Å². The molecule has 0 radical (unpaired) electrons. The van der Waals surface area contributed by atoms with Gasteiger partial charge in [0.1, 0.15) is 6.04 Å². The van der Waals surface area contributed by atoms with Crippen molar-refractivity contribution in [2.24, 2.45) is 0 Å². The zero-order chi connectivity index (χ0) is 25.2. The van der Waals surface area contributed by atoms with Crippen LogP contribution < -0.4 is 10.2 Å². The van der Waals surface area contributed by atoms with Gasteiger partial charge in [0.15, 0.2) is 0 Å². The molecule has 1 saturated carbocycles. The highest BCUT2D eigenvalue weighted by atomic mass is 16.3. The molecule has 2 aromatic carbocycles. The molecule has 2 aromatic rings. The van der Waals surface area contributed by atoms with Crippen LogP contribution >= 0.6 is 0 Å². The molecule has 3 atom stereocenters. The lowest BCUT2D eigenvalue weighted by atomic mass is 9.85. The molecule has 188 valence electrons. The maximum absolute atomic E-state index is 13.3. The second kappa shape index (κ2) is 10.4. The first-order chi connectivity index (χ1) is 17.5. The molecule has 2 aliphatic heterocycles. The standard InChI is InChI=1S/C29H33N3O4/c1-19-12-14-24-23(16-19)27(34)29(36)31(24)17-21(18-33)30-26-25(15-13-20-8-4-2-5-9-20)32(28(26)35)22-10-6-3-7-11-22/h2,4-5,8-9,12-16,21-22,25-26,30,33H,3,6-7,10-11,17-18H2,1H3/b15-13+/t21?,25-,26+/m0/s1. The zero-order valence-corrected chi connectivity index (χ0v) is 20.6. The Morgan fingerprint density at radius 2 is 1.81 bits per heavy atom. The van der Waals surface area contributed by atoms with E-state index in [0.29, 0.717) is 11.3 Å². The molecular weight excluding hydrogens is 454 g/mol. The molecule has 3 aliphatic rings. The topological polar surface area (TPSA) is 90.0 Å². The number of nitrogens with one attached hydrogen (secondary N) is 1. The van der Waals surface area contributed by atoms with Crippen LogP contribution in [0.15, 0.2) is 54.6 Å². The maximum atomic E-state index is 13.3. The molecule has 1 saturated heterocycles. The van der Waals surface area contributed by atoms with Gasteiger partial charge in [0.2, 0.25) is 5.91 Å². The van der Waals surface area contributed by atoms with E-state index in [4.69, 9.17) is 0 Å². The Morgan fingerprint density at radius 1 is 1.06 bits per heavy atom. The first-order valence-corrected chi connectivity index (χ1v) is 12.9. The first kappa shape index (κ1) is 24.4. The molecule has 36 heavy (non-hydrogen) atoms. The van der Waals surface area contributed by atoms with Crippen LogP contribution in [-0.4, -0.2) is 64.9 Å². The molecule has 0 aromatic heterocycles. The van der Waals surface area contributed by atoms with Crippen molar-refractivity contribution in [1.82, 2.24) is 10.2 Å². The third-order valence-electron chi connectivity index (χ3n) is 7.60. The van der Waals surface area contributed by atoms with E-state index in [1.165, 1.54) is 11.3 Å². The number of carbonyl (C=O) groups is 3. The number of hydrogen-bond donors (Lipinski definition) is 2. The Kier molecular flexibility index (Phi) is 7.03. The number of Topliss-reactive ketones (excluding diaryl/α,β-unsaturated/α-hetero) is 1. The number of likely N-dealkylation sites (tertiary alicyclic amines) is 1. The van der Waals surface area contributed by atoms with Crippen LogP contribution in [0.4, 0.5) is 5.69 Å². The van der Waals surface area contributed by atoms with Gasteiger partial charge in [-0.1, -0.05) is 73.4 Å². The molecule has 7 nitrogen and oxygen atoms in total. The summed E-state index contributed by atoms with van der Waals surface area (Å²) < 4.78 is 0. The number of benzene rings is 2. The van der Waals surface area contributed by atoms with Crippen molar-refractivity contribution in [3.05, 3.63) is 71.3 Å². The number of amides is 2. The zero-order valence-electron chi connectivity index (χ0n) is 20.6. The summed E-state index contributed by atoms with van der Waals surface area (Å²) in [4.78, 5) is 42.0. The highest BCUT2D eigenvalue weighted by molar-refractivity contribution is 6.52. The highest BCUT2D eigenvalue weighted by Crippen LogP contribution is 2.33. The Labute approximate surface area is 211 Å². The summed E-state index contributed by atoms with van der Waals surface area (Å²) in [6.07, 6.45) is 9.60. The monoisotopic (exact) mass is 487 g/mol. The fourth-order valence-electron chi connectivity index (χ4n) is 5.70. The van der Waals surface area contributed by atoms with E-state index in [9.17, 15) is 19.5 Å². The molecular formula is C29H33N3O4. The van der Waals surface area contributed by atoms with Crippen LogP contribution in [-0.2, 0) is 9.59 Å². The minimum atomic E-state index is -0.597. The number of aryl methyl sites for hydroxylation is 1. The Morgan fingerprint density at radius 3 is 2.53 bits per heavy atom. The van der Waals surface area contributed by atoms with Gasteiger partial charge in [-0.05, 0) is 37.5 Å². The number of hydrogen-bond acceptors (Lipinski definition) is 5. The van der Waals surface area contributed by atoms with Crippen LogP contribution in [0.3, 0.4) is 0 Å². The number of aliphatic hydroxyl groups is 1. The second-order valence-electron chi connectivity index (χ2n) is 10.1. The van der Waals surface area contributed by atoms with Gasteiger partial charge in [-0.25, -0.2) is 0 Å². The molecule has 2 heterocycles. The van der Waals surface area contributed by atoms with Gasteiger partial charge in [0.25, 0.3) is 11.7 Å². The summed E-state index contributed by atoms with van der Waals surface area (Å²) in [5, 5.41) is 13.5. The average molecular weight is 488 g/mol. The predicted octanol–water partition coefficient (Wildman–Crippen LogP) is 3.10. The summed E-state index contributed by atoms with van der Waals surface area (Å²) >= 11 is 0. The lowest BCUT2D eigenvalue weighted by Gasteiger charge is -2.52. The summed E-state index contributed by atoms with van der Waals surface area (Å²) in [5.74, 6) is -1.10. The van der Waals surface area contributed by atoms with E-state index in [1.807, 2.05) is 54.3 Å². The Bertz CT molecular complexity index is 1170. The van der Waals surface area contributed by atoms with Crippen LogP contribution in [0.2, 0.25) is 0 Å². The van der Waals surface area contributed by atoms with Gasteiger partial charge in [0, 0.05) is 18.6 Å². The normalized spacial score (nSPS) is 23.3. The van der Waals surface area contributed by atoms with Crippen molar-refractivity contribution in [3.8, 4) is 0 Å². The molecule has 0 spiro atoms. The van der Waals surface area contributed by atoms with Gasteiger partial charge in [0.05, 0.1) is 23.9 Å². The van der Waals surface area contributed by atoms with Gasteiger partial charge in [-0.2, -0.15) is 0 Å². The summed E-state index contributed by atoms with van der Waals surface area (Å²) in [5.41, 5.74) is 2.92. The highest BCUT2D eigenvalue weighted by Gasteiger charge is 2.50. The van der Waals surface area contributed by atoms with E-state index >= 15 is 0 Å². The number of β-lactam (4-membered cyclic amide) rings is 1. The van der Waals surface area contributed by atoms with Gasteiger partial charge in [-0.15, -0.1) is 0 Å². The molecule has 2 fully saturated rings. The van der Waals surface area contributed by atoms with Crippen molar-refractivity contribution in [1.29, 1.82) is 0 Å². The number of rotatable bonds is 8. The van der Waals surface area contributed by atoms with Crippen LogP contribution in [0.25, 0.3) is 6.08 Å². The quantitative estimate of drug-likeness (QED) is 0.441. The number of nitrogens with zero attached hydrogens (tertiary/aromatic N) is 2. The molecule has 7 heteroatoms. The maximum Gasteiger partial charge on any atom is 0.299 e. The van der Waals surface area contributed by atoms with E-state index in [-0.39, 0.29) is 31.1 Å². The smallest absolute Gasteiger partial charge is 0.299 e. The summed E-state index contributed by atoms with van der Waals surface area (Å²) in [7, 11) is 0. The van der Waals surface area contributed by atoms with Crippen molar-refractivity contribution >= 4 is 29.4 Å². The van der Waals surface area contributed by atoms with E-state index < -0.39 is 23.8 Å². The fourth-order valence-corrected chi connectivity index (χ4v) is 5.70. The van der Waals surface area contributed by atoms with Crippen molar-refractivity contribution in [2.45, 2.75) is 63.2 Å². The Balaban J connectivity index is 1.34. The van der Waals surface area contributed by atoms with Gasteiger partial charge in [-0.3, -0.25) is 19.7 Å². The van der Waals surface area contributed by atoms with Crippen LogP contribution in [0.5, 0.6) is 0 Å². The molecule has 2 amide bonds. The largest absolute Gasteiger partial charge is 0.395 e. The lowest BCUT2D eigenvalue weighted by Crippen LogP contribution is -2.73. The van der Waals surface area contributed by atoms with Crippen molar-refractivity contribution in [2.75, 3.05) is 18.1 Å². The van der Waals surface area contributed by atoms with Crippen molar-refractivity contribution < 1.29 is 19.5 Å². The van der Waals surface area contributed by atoms with E-state index in [2.05, 4.69) is 11.4 Å². The molecule has 1 unspecified atom stereocenters. The number of carbonyl (C=O) groups excluding carboxylic acids is 3. The molecule has 1 aliphatic carbocycles. The van der Waals surface area contributed by atoms with E-state index in [1.54, 1.807) is 12.1 Å². The minimum absolute atomic E-state index is 0.0305. The van der Waals surface area contributed by atoms with Crippen molar-refractivity contribution in [3.63, 3.8) is 0 Å². The first-order valence-electron chi connectivity index (χ1n) is 12.9. The SMILES string of the molecule is Cc1ccc2c(c1)C(=O)C(=O)N2CC(CO)N[C@H]1C(=O)N(C2CCCCC2)[C@H]1/C=C/c1ccccc1. The second-order valence-corrected chi connectivity index (χ2v) is 10.1. The lowest BCUT2D eigenvalue weighted by molar-refractivity contribution is -0.154. The third kappa shape index (κ3) is 4.61. The number of fused-ring (bicyclic) bond motifs is 1. The molecule has 5 rings (SSSR count). The third-order valence-corrected chi connectivity index (χ3v) is 7.60. The van der Waals surface area contributed by atoms with Crippen LogP contribution in [0.1, 0.15) is 53.6 Å². The fraction of sp³-hybridized carbons (Fsp3) is 0.414. The predicted molar refractivity (Wildman–Crippen MR) is 139 cm³/mol. The number of anilines is 1. The average Bonchev–Trinajstić information content (AvgIpc) is 3.13. The van der Waals surface area contributed by atoms with Gasteiger partial charge < -0.3 is 14.9 Å². The minimum Gasteiger partial charge on any atom is -0.395 e. The number of aliphatic hydroxyl groups excluding tert-OH is 1.